The molecule has 1 heterocycles. The Balaban J connectivity index is 1.47. The molecular formula is C15H29N3O. The maximum atomic E-state index is 11.9. The van der Waals surface area contributed by atoms with Crippen molar-refractivity contribution in [2.75, 3.05) is 39.3 Å². The van der Waals surface area contributed by atoms with Gasteiger partial charge in [-0.25, -0.2) is 0 Å². The average Bonchev–Trinajstić information content (AvgIpc) is 2.49. The molecule has 0 unspecified atom stereocenters. The molecule has 0 radical (unpaired) electrons. The zero-order chi connectivity index (χ0) is 13.3. The van der Waals surface area contributed by atoms with Crippen molar-refractivity contribution in [2.24, 2.45) is 5.92 Å². The Labute approximate surface area is 117 Å². The van der Waals surface area contributed by atoms with Gasteiger partial charge in [-0.2, -0.15) is 0 Å². The number of nitrogens with one attached hydrogen (secondary N) is 2. The molecule has 0 spiro atoms. The Morgan fingerprint density at radius 3 is 2.58 bits per heavy atom. The van der Waals surface area contributed by atoms with Crippen LogP contribution in [0.2, 0.25) is 0 Å². The highest BCUT2D eigenvalue weighted by molar-refractivity contribution is 5.78. The van der Waals surface area contributed by atoms with Gasteiger partial charge in [-0.15, -0.1) is 0 Å². The van der Waals surface area contributed by atoms with E-state index in [1.165, 1.54) is 45.3 Å². The standard InChI is InChI=1S/C15H29N3O/c19-15(14-6-2-1-3-7-14)17-8-4-5-11-18-12-9-16-10-13-18/h14,16H,1-13H2,(H,17,19). The fraction of sp³-hybridized carbons (Fsp3) is 0.933. The van der Waals surface area contributed by atoms with E-state index in [1.54, 1.807) is 0 Å². The normalized spacial score (nSPS) is 22.3. The zero-order valence-electron chi connectivity index (χ0n) is 12.1. The van der Waals surface area contributed by atoms with Crippen LogP contribution in [0.5, 0.6) is 0 Å². The molecule has 2 fully saturated rings. The van der Waals surface area contributed by atoms with Crippen molar-refractivity contribution >= 4 is 5.91 Å². The van der Waals surface area contributed by atoms with Gasteiger partial charge >= 0.3 is 0 Å². The molecule has 110 valence electrons. The Bertz CT molecular complexity index is 258. The van der Waals surface area contributed by atoms with Crippen molar-refractivity contribution < 1.29 is 4.79 Å². The van der Waals surface area contributed by atoms with Gasteiger partial charge in [-0.3, -0.25) is 4.79 Å². The van der Waals surface area contributed by atoms with Crippen molar-refractivity contribution in [3.8, 4) is 0 Å². The minimum Gasteiger partial charge on any atom is -0.356 e. The molecule has 4 heteroatoms. The number of nitrogens with zero attached hydrogens (tertiary/aromatic N) is 1. The second kappa shape index (κ2) is 8.54. The van der Waals surface area contributed by atoms with E-state index in [-0.39, 0.29) is 0 Å². The minimum absolute atomic E-state index is 0.307. The lowest BCUT2D eigenvalue weighted by Gasteiger charge is -2.27. The van der Waals surface area contributed by atoms with Gasteiger partial charge in [0.05, 0.1) is 0 Å². The van der Waals surface area contributed by atoms with Gasteiger partial charge < -0.3 is 15.5 Å². The average molecular weight is 267 g/mol. The SMILES string of the molecule is O=C(NCCCCN1CCNCC1)C1CCCCC1. The number of hydrogen-bond donors (Lipinski definition) is 2. The molecule has 2 rings (SSSR count). The molecule has 2 N–H and O–H groups in total. The summed E-state index contributed by atoms with van der Waals surface area (Å²) in [7, 11) is 0. The first-order chi connectivity index (χ1) is 9.36. The summed E-state index contributed by atoms with van der Waals surface area (Å²) in [5.74, 6) is 0.615. The van der Waals surface area contributed by atoms with E-state index in [2.05, 4.69) is 15.5 Å². The Hall–Kier alpha value is -0.610. The molecule has 1 saturated heterocycles. The number of amides is 1. The van der Waals surface area contributed by atoms with Gasteiger partial charge in [-0.1, -0.05) is 19.3 Å². The predicted molar refractivity (Wildman–Crippen MR) is 78.1 cm³/mol. The quantitative estimate of drug-likeness (QED) is 0.714. The molecule has 1 amide bonds. The van der Waals surface area contributed by atoms with E-state index in [1.807, 2.05) is 0 Å². The second-order valence-electron chi connectivity index (χ2n) is 5.92. The summed E-state index contributed by atoms with van der Waals surface area (Å²) < 4.78 is 0. The molecule has 0 aromatic heterocycles. The molecule has 1 aliphatic carbocycles. The van der Waals surface area contributed by atoms with E-state index < -0.39 is 0 Å². The van der Waals surface area contributed by atoms with Crippen LogP contribution in [0.3, 0.4) is 0 Å². The molecule has 19 heavy (non-hydrogen) atoms. The summed E-state index contributed by atoms with van der Waals surface area (Å²) >= 11 is 0. The molecule has 0 bridgehead atoms. The predicted octanol–water partition coefficient (Wildman–Crippen LogP) is 1.37. The molecule has 0 aromatic carbocycles. The summed E-state index contributed by atoms with van der Waals surface area (Å²) in [5.41, 5.74) is 0. The summed E-state index contributed by atoms with van der Waals surface area (Å²) in [6.45, 7) is 6.64. The van der Waals surface area contributed by atoms with Crippen molar-refractivity contribution in [1.29, 1.82) is 0 Å². The molecule has 0 atom stereocenters. The number of carbonyl (C=O) groups excluding carboxylic acids is 1. The lowest BCUT2D eigenvalue weighted by molar-refractivity contribution is -0.125. The third-order valence-corrected chi connectivity index (χ3v) is 4.39. The minimum atomic E-state index is 0.307. The maximum absolute atomic E-state index is 11.9. The van der Waals surface area contributed by atoms with Crippen LogP contribution in [0.4, 0.5) is 0 Å². The van der Waals surface area contributed by atoms with Gasteiger partial charge in [0.2, 0.25) is 5.91 Å². The van der Waals surface area contributed by atoms with Crippen LogP contribution in [0.1, 0.15) is 44.9 Å². The first kappa shape index (κ1) is 14.8. The summed E-state index contributed by atoms with van der Waals surface area (Å²) in [6.07, 6.45) is 8.31. The van der Waals surface area contributed by atoms with Gasteiger partial charge in [0.1, 0.15) is 0 Å². The largest absolute Gasteiger partial charge is 0.356 e. The van der Waals surface area contributed by atoms with Crippen molar-refractivity contribution in [2.45, 2.75) is 44.9 Å². The summed E-state index contributed by atoms with van der Waals surface area (Å²) in [6, 6.07) is 0. The van der Waals surface area contributed by atoms with Crippen molar-refractivity contribution in [3.63, 3.8) is 0 Å². The molecule has 2 aliphatic rings. The molecule has 0 aromatic rings. The van der Waals surface area contributed by atoms with E-state index >= 15 is 0 Å². The van der Waals surface area contributed by atoms with Gasteiger partial charge in [0, 0.05) is 38.6 Å². The third kappa shape index (κ3) is 5.49. The summed E-state index contributed by atoms with van der Waals surface area (Å²) in [4.78, 5) is 14.4. The number of carbonyl (C=O) groups is 1. The highest BCUT2D eigenvalue weighted by Gasteiger charge is 2.20. The van der Waals surface area contributed by atoms with E-state index in [0.717, 1.165) is 38.9 Å². The number of piperazine rings is 1. The van der Waals surface area contributed by atoms with E-state index in [4.69, 9.17) is 0 Å². The topological polar surface area (TPSA) is 44.4 Å². The maximum Gasteiger partial charge on any atom is 0.223 e. The first-order valence-corrected chi connectivity index (χ1v) is 8.07. The van der Waals surface area contributed by atoms with Gasteiger partial charge in [0.25, 0.3) is 0 Å². The van der Waals surface area contributed by atoms with Crippen LogP contribution < -0.4 is 10.6 Å². The first-order valence-electron chi connectivity index (χ1n) is 8.07. The van der Waals surface area contributed by atoms with Gasteiger partial charge in [0.15, 0.2) is 0 Å². The van der Waals surface area contributed by atoms with Crippen molar-refractivity contribution in [1.82, 2.24) is 15.5 Å². The molecule has 4 nitrogen and oxygen atoms in total. The number of rotatable bonds is 6. The van der Waals surface area contributed by atoms with Crippen LogP contribution in [0.15, 0.2) is 0 Å². The van der Waals surface area contributed by atoms with Crippen molar-refractivity contribution in [3.05, 3.63) is 0 Å². The monoisotopic (exact) mass is 267 g/mol. The summed E-state index contributed by atoms with van der Waals surface area (Å²) in [5, 5.41) is 6.49. The van der Waals surface area contributed by atoms with Gasteiger partial charge in [-0.05, 0) is 32.2 Å². The molecule has 1 aliphatic heterocycles. The Morgan fingerprint density at radius 1 is 1.11 bits per heavy atom. The van der Waals surface area contributed by atoms with Crippen LogP contribution in [-0.4, -0.2) is 50.1 Å². The lowest BCUT2D eigenvalue weighted by Crippen LogP contribution is -2.43. The number of hydrogen-bond acceptors (Lipinski definition) is 3. The van der Waals surface area contributed by atoms with Crippen LogP contribution in [0.25, 0.3) is 0 Å². The molecular weight excluding hydrogens is 238 g/mol. The van der Waals surface area contributed by atoms with Crippen LogP contribution in [0, 0.1) is 5.92 Å². The number of unbranched alkanes of at least 4 members (excludes halogenated alkanes) is 1. The van der Waals surface area contributed by atoms with Crippen LogP contribution >= 0.6 is 0 Å². The second-order valence-corrected chi connectivity index (χ2v) is 5.92. The van der Waals surface area contributed by atoms with E-state index in [0.29, 0.717) is 11.8 Å². The molecule has 1 saturated carbocycles. The van der Waals surface area contributed by atoms with Crippen LogP contribution in [-0.2, 0) is 4.79 Å². The lowest BCUT2D eigenvalue weighted by atomic mass is 9.89. The highest BCUT2D eigenvalue weighted by Crippen LogP contribution is 2.23. The highest BCUT2D eigenvalue weighted by atomic mass is 16.1. The third-order valence-electron chi connectivity index (χ3n) is 4.39. The Morgan fingerprint density at radius 2 is 1.84 bits per heavy atom. The fourth-order valence-corrected chi connectivity index (χ4v) is 3.12. The Kier molecular flexibility index (Phi) is 6.65. The smallest absolute Gasteiger partial charge is 0.223 e. The zero-order valence-corrected chi connectivity index (χ0v) is 12.1. The fourth-order valence-electron chi connectivity index (χ4n) is 3.12. The van der Waals surface area contributed by atoms with E-state index in [9.17, 15) is 4.79 Å².